The third-order valence-electron chi connectivity index (χ3n) is 4.59. The summed E-state index contributed by atoms with van der Waals surface area (Å²) in [6.45, 7) is 0.814. The minimum Gasteiger partial charge on any atom is -0.325 e. The van der Waals surface area contributed by atoms with Gasteiger partial charge >= 0.3 is 0 Å². The highest BCUT2D eigenvalue weighted by Crippen LogP contribution is 2.38. The zero-order chi connectivity index (χ0) is 17.2. The van der Waals surface area contributed by atoms with Gasteiger partial charge in [0.1, 0.15) is 5.37 Å². The number of amides is 1. The minimum absolute atomic E-state index is 0.121. The maximum absolute atomic E-state index is 13.0. The van der Waals surface area contributed by atoms with Gasteiger partial charge in [0.25, 0.3) is 0 Å². The first kappa shape index (κ1) is 16.7. The van der Waals surface area contributed by atoms with E-state index in [0.29, 0.717) is 6.42 Å². The van der Waals surface area contributed by atoms with Gasteiger partial charge in [0.05, 0.1) is 6.42 Å². The number of hydrogen-bond donors (Lipinski definition) is 0. The number of carbonyl (C=O) groups excluding carboxylic acids is 1. The molecule has 1 aliphatic rings. The zero-order valence-electron chi connectivity index (χ0n) is 13.7. The molecule has 0 aliphatic carbocycles. The summed E-state index contributed by atoms with van der Waals surface area (Å²) in [5.41, 5.74) is 2.30. The van der Waals surface area contributed by atoms with Crippen LogP contribution in [0.4, 0.5) is 0 Å². The van der Waals surface area contributed by atoms with Gasteiger partial charge in [-0.25, -0.2) is 0 Å². The number of hydrogen-bond acceptors (Lipinski definition) is 2. The lowest BCUT2D eigenvalue weighted by atomic mass is 10.0. The molecule has 2 nitrogen and oxygen atoms in total. The molecule has 4 heteroatoms. The Morgan fingerprint density at radius 2 is 1.80 bits per heavy atom. The summed E-state index contributed by atoms with van der Waals surface area (Å²) in [5, 5.41) is 2.48. The van der Waals surface area contributed by atoms with Crippen molar-refractivity contribution in [3.05, 3.63) is 82.3 Å². The molecule has 1 atom stereocenters. The van der Waals surface area contributed by atoms with Crippen LogP contribution < -0.4 is 0 Å². The Morgan fingerprint density at radius 3 is 2.64 bits per heavy atom. The lowest BCUT2D eigenvalue weighted by molar-refractivity contribution is -0.130. The molecule has 1 amide bonds. The number of thioether (sulfide) groups is 1. The van der Waals surface area contributed by atoms with Gasteiger partial charge in [-0.3, -0.25) is 4.79 Å². The molecule has 126 valence electrons. The molecule has 1 fully saturated rings. The van der Waals surface area contributed by atoms with E-state index in [9.17, 15) is 4.79 Å². The van der Waals surface area contributed by atoms with Gasteiger partial charge in [0.2, 0.25) is 5.91 Å². The number of halogens is 1. The molecule has 1 saturated heterocycles. The van der Waals surface area contributed by atoms with Crippen LogP contribution in [0.3, 0.4) is 0 Å². The molecule has 0 saturated carbocycles. The SMILES string of the molecule is O=C(Cc1cccc2ccccc12)N1CCSC1c1ccc(Br)cc1. The third-order valence-corrected chi connectivity index (χ3v) is 6.38. The van der Waals surface area contributed by atoms with Crippen molar-refractivity contribution in [2.75, 3.05) is 12.3 Å². The highest BCUT2D eigenvalue weighted by atomic mass is 79.9. The van der Waals surface area contributed by atoms with E-state index in [1.165, 1.54) is 16.3 Å². The molecule has 4 rings (SSSR count). The van der Waals surface area contributed by atoms with Gasteiger partial charge in [-0.15, -0.1) is 11.8 Å². The van der Waals surface area contributed by atoms with E-state index in [1.54, 1.807) is 0 Å². The van der Waals surface area contributed by atoms with Crippen molar-refractivity contribution in [3.8, 4) is 0 Å². The topological polar surface area (TPSA) is 20.3 Å². The van der Waals surface area contributed by atoms with Gasteiger partial charge in [-0.1, -0.05) is 70.5 Å². The molecule has 0 radical (unpaired) electrons. The van der Waals surface area contributed by atoms with Gasteiger partial charge in [0, 0.05) is 16.8 Å². The Balaban J connectivity index is 1.58. The van der Waals surface area contributed by atoms with Crippen LogP contribution in [0.5, 0.6) is 0 Å². The van der Waals surface area contributed by atoms with E-state index in [4.69, 9.17) is 0 Å². The highest BCUT2D eigenvalue weighted by molar-refractivity contribution is 9.10. The standard InChI is InChI=1S/C21H18BrNOS/c22-18-10-8-16(9-11-18)21-23(12-13-25-21)20(24)14-17-6-3-5-15-4-1-2-7-19(15)17/h1-11,21H,12-14H2. The van der Waals surface area contributed by atoms with Crippen LogP contribution >= 0.6 is 27.7 Å². The molecule has 0 spiro atoms. The fourth-order valence-electron chi connectivity index (χ4n) is 3.34. The molecule has 0 bridgehead atoms. The molecular weight excluding hydrogens is 394 g/mol. The Morgan fingerprint density at radius 1 is 1.04 bits per heavy atom. The summed E-state index contributed by atoms with van der Waals surface area (Å²) in [6.07, 6.45) is 0.453. The van der Waals surface area contributed by atoms with Gasteiger partial charge in [-0.05, 0) is 34.0 Å². The van der Waals surface area contributed by atoms with Crippen molar-refractivity contribution >= 4 is 44.4 Å². The second kappa shape index (κ2) is 7.22. The fourth-order valence-corrected chi connectivity index (χ4v) is 4.88. The van der Waals surface area contributed by atoms with E-state index in [-0.39, 0.29) is 11.3 Å². The smallest absolute Gasteiger partial charge is 0.228 e. The van der Waals surface area contributed by atoms with Crippen LogP contribution in [0.15, 0.2) is 71.2 Å². The molecule has 1 aliphatic heterocycles. The molecule has 1 unspecified atom stereocenters. The van der Waals surface area contributed by atoms with E-state index in [2.05, 4.69) is 52.3 Å². The Bertz CT molecular complexity index is 904. The molecule has 0 N–H and O–H groups in total. The van der Waals surface area contributed by atoms with E-state index in [0.717, 1.165) is 22.3 Å². The third kappa shape index (κ3) is 3.46. The molecular formula is C21H18BrNOS. The molecule has 1 heterocycles. The number of benzene rings is 3. The van der Waals surface area contributed by atoms with Crippen molar-refractivity contribution in [1.82, 2.24) is 4.90 Å². The average molecular weight is 412 g/mol. The average Bonchev–Trinajstić information content (AvgIpc) is 3.12. The second-order valence-electron chi connectivity index (χ2n) is 6.18. The monoisotopic (exact) mass is 411 g/mol. The van der Waals surface area contributed by atoms with Crippen molar-refractivity contribution in [2.24, 2.45) is 0 Å². The van der Waals surface area contributed by atoms with Crippen LogP contribution in [0.1, 0.15) is 16.5 Å². The van der Waals surface area contributed by atoms with Crippen LogP contribution in [0.25, 0.3) is 10.8 Å². The van der Waals surface area contributed by atoms with E-state index in [1.807, 2.05) is 47.0 Å². The minimum atomic E-state index is 0.121. The lowest BCUT2D eigenvalue weighted by Gasteiger charge is -2.24. The van der Waals surface area contributed by atoms with Crippen molar-refractivity contribution in [2.45, 2.75) is 11.8 Å². The largest absolute Gasteiger partial charge is 0.325 e. The quantitative estimate of drug-likeness (QED) is 0.573. The Labute approximate surface area is 160 Å². The lowest BCUT2D eigenvalue weighted by Crippen LogP contribution is -2.31. The second-order valence-corrected chi connectivity index (χ2v) is 8.28. The number of fused-ring (bicyclic) bond motifs is 1. The first-order valence-electron chi connectivity index (χ1n) is 8.35. The van der Waals surface area contributed by atoms with Crippen molar-refractivity contribution in [3.63, 3.8) is 0 Å². The van der Waals surface area contributed by atoms with Gasteiger partial charge in [-0.2, -0.15) is 0 Å². The van der Waals surface area contributed by atoms with Crippen LogP contribution in [-0.2, 0) is 11.2 Å². The molecule has 3 aromatic carbocycles. The molecule has 0 aromatic heterocycles. The normalized spacial score (nSPS) is 17.2. The zero-order valence-corrected chi connectivity index (χ0v) is 16.1. The summed E-state index contributed by atoms with van der Waals surface area (Å²) >= 11 is 5.32. The summed E-state index contributed by atoms with van der Waals surface area (Å²) in [6, 6.07) is 22.8. The predicted molar refractivity (Wildman–Crippen MR) is 109 cm³/mol. The van der Waals surface area contributed by atoms with Crippen LogP contribution in [0.2, 0.25) is 0 Å². The predicted octanol–water partition coefficient (Wildman–Crippen LogP) is 5.42. The summed E-state index contributed by atoms with van der Waals surface area (Å²) in [4.78, 5) is 15.0. The fraction of sp³-hybridized carbons (Fsp3) is 0.190. The summed E-state index contributed by atoms with van der Waals surface area (Å²) in [5.74, 6) is 1.19. The highest BCUT2D eigenvalue weighted by Gasteiger charge is 2.30. The Hall–Kier alpha value is -1.78. The van der Waals surface area contributed by atoms with Gasteiger partial charge < -0.3 is 4.90 Å². The summed E-state index contributed by atoms with van der Waals surface area (Å²) < 4.78 is 1.06. The number of rotatable bonds is 3. The van der Waals surface area contributed by atoms with Crippen molar-refractivity contribution < 1.29 is 4.79 Å². The van der Waals surface area contributed by atoms with E-state index >= 15 is 0 Å². The number of nitrogens with zero attached hydrogens (tertiary/aromatic N) is 1. The maximum Gasteiger partial charge on any atom is 0.228 e. The van der Waals surface area contributed by atoms with Crippen LogP contribution in [-0.4, -0.2) is 23.1 Å². The van der Waals surface area contributed by atoms with Crippen molar-refractivity contribution in [1.29, 1.82) is 0 Å². The maximum atomic E-state index is 13.0. The first-order valence-corrected chi connectivity index (χ1v) is 10.2. The van der Waals surface area contributed by atoms with Gasteiger partial charge in [0.15, 0.2) is 0 Å². The summed E-state index contributed by atoms with van der Waals surface area (Å²) in [7, 11) is 0. The molecule has 3 aromatic rings. The molecule has 25 heavy (non-hydrogen) atoms. The van der Waals surface area contributed by atoms with E-state index < -0.39 is 0 Å². The van der Waals surface area contributed by atoms with Crippen LogP contribution in [0, 0.1) is 0 Å². The Kier molecular flexibility index (Phi) is 4.82. The first-order chi connectivity index (χ1) is 12.2. The number of carbonyl (C=O) groups is 1.